The van der Waals surface area contributed by atoms with Crippen molar-refractivity contribution in [3.05, 3.63) is 58.6 Å². The molecule has 0 bridgehead atoms. The van der Waals surface area contributed by atoms with Crippen molar-refractivity contribution in [2.75, 3.05) is 12.3 Å². The molecule has 0 atom stereocenters. The van der Waals surface area contributed by atoms with Gasteiger partial charge >= 0.3 is 5.76 Å². The van der Waals surface area contributed by atoms with Crippen LogP contribution in [-0.2, 0) is 6.54 Å². The highest BCUT2D eigenvalue weighted by atomic mass is 16.5. The Kier molecular flexibility index (Phi) is 3.87. The number of anilines is 1. The first-order valence-corrected chi connectivity index (χ1v) is 7.22. The van der Waals surface area contributed by atoms with Crippen molar-refractivity contribution in [1.29, 1.82) is 0 Å². The molecule has 0 unspecified atom stereocenters. The predicted octanol–water partition coefficient (Wildman–Crippen LogP) is 2.95. The fraction of sp³-hybridized carbons (Fsp3) is 0.235. The Morgan fingerprint density at radius 1 is 1.23 bits per heavy atom. The molecule has 0 fully saturated rings. The van der Waals surface area contributed by atoms with Crippen molar-refractivity contribution in [3.63, 3.8) is 0 Å². The van der Waals surface area contributed by atoms with Gasteiger partial charge in [0.1, 0.15) is 5.75 Å². The molecule has 22 heavy (non-hydrogen) atoms. The van der Waals surface area contributed by atoms with E-state index in [9.17, 15) is 4.79 Å². The van der Waals surface area contributed by atoms with E-state index in [4.69, 9.17) is 14.9 Å². The topological polar surface area (TPSA) is 70.4 Å². The number of nitrogen functional groups attached to an aromatic ring is 1. The second kappa shape index (κ2) is 5.97. The number of nitrogens with zero attached hydrogens (tertiary/aromatic N) is 1. The summed E-state index contributed by atoms with van der Waals surface area (Å²) >= 11 is 0. The van der Waals surface area contributed by atoms with Gasteiger partial charge in [0, 0.05) is 6.54 Å². The summed E-state index contributed by atoms with van der Waals surface area (Å²) in [5.41, 5.74) is 8.96. The average Bonchev–Trinajstić information content (AvgIpc) is 2.81. The number of aromatic nitrogens is 1. The van der Waals surface area contributed by atoms with Gasteiger partial charge in [-0.25, -0.2) is 4.79 Å². The lowest BCUT2D eigenvalue weighted by Crippen LogP contribution is -2.16. The number of benzene rings is 2. The zero-order valence-electron chi connectivity index (χ0n) is 12.4. The Hall–Kier alpha value is -2.69. The van der Waals surface area contributed by atoms with Gasteiger partial charge in [-0.3, -0.25) is 4.57 Å². The number of fused-ring (bicyclic) bond motifs is 1. The zero-order valence-corrected chi connectivity index (χ0v) is 12.4. The van der Waals surface area contributed by atoms with Crippen molar-refractivity contribution >= 4 is 16.8 Å². The van der Waals surface area contributed by atoms with Gasteiger partial charge in [0.25, 0.3) is 0 Å². The second-order valence-corrected chi connectivity index (χ2v) is 5.23. The zero-order chi connectivity index (χ0) is 15.5. The SMILES string of the molecule is Cc1ccc2oc(=O)n(CCCOc3ccccc3N)c2c1. The number of aryl methyl sites for hydroxylation is 2. The van der Waals surface area contributed by atoms with Gasteiger partial charge in [0.05, 0.1) is 17.8 Å². The van der Waals surface area contributed by atoms with Crippen molar-refractivity contribution in [3.8, 4) is 5.75 Å². The summed E-state index contributed by atoms with van der Waals surface area (Å²) in [6.45, 7) is 3.02. The van der Waals surface area contributed by atoms with E-state index in [0.29, 0.717) is 36.6 Å². The monoisotopic (exact) mass is 298 g/mol. The summed E-state index contributed by atoms with van der Waals surface area (Å²) in [5.74, 6) is 0.336. The first kappa shape index (κ1) is 14.3. The molecule has 3 aromatic rings. The number of oxazole rings is 1. The number of ether oxygens (including phenoxy) is 1. The van der Waals surface area contributed by atoms with Crippen LogP contribution in [0.15, 0.2) is 51.7 Å². The van der Waals surface area contributed by atoms with Crippen molar-refractivity contribution < 1.29 is 9.15 Å². The molecule has 0 aliphatic carbocycles. The fourth-order valence-electron chi connectivity index (χ4n) is 2.40. The van der Waals surface area contributed by atoms with Crippen molar-refractivity contribution in [2.45, 2.75) is 19.9 Å². The van der Waals surface area contributed by atoms with E-state index in [1.165, 1.54) is 0 Å². The summed E-state index contributed by atoms with van der Waals surface area (Å²) in [7, 11) is 0. The highest BCUT2D eigenvalue weighted by Gasteiger charge is 2.09. The molecule has 2 aromatic carbocycles. The van der Waals surface area contributed by atoms with E-state index in [1.54, 1.807) is 10.6 Å². The molecule has 0 saturated carbocycles. The fourth-order valence-corrected chi connectivity index (χ4v) is 2.40. The van der Waals surface area contributed by atoms with Crippen LogP contribution in [0.3, 0.4) is 0 Å². The molecule has 1 aromatic heterocycles. The number of hydrogen-bond acceptors (Lipinski definition) is 4. The molecule has 0 aliphatic heterocycles. The van der Waals surface area contributed by atoms with Crippen LogP contribution in [0.2, 0.25) is 0 Å². The standard InChI is InChI=1S/C17H18N2O3/c1-12-7-8-16-14(11-12)19(17(20)22-16)9-4-10-21-15-6-3-2-5-13(15)18/h2-3,5-8,11H,4,9-10,18H2,1H3. The minimum atomic E-state index is -0.333. The van der Waals surface area contributed by atoms with Gasteiger partial charge in [-0.2, -0.15) is 0 Å². The smallest absolute Gasteiger partial charge is 0.419 e. The van der Waals surface area contributed by atoms with Gasteiger partial charge in [0.2, 0.25) is 0 Å². The minimum Gasteiger partial charge on any atom is -0.491 e. The molecule has 0 spiro atoms. The van der Waals surface area contributed by atoms with E-state index in [2.05, 4.69) is 0 Å². The van der Waals surface area contributed by atoms with Crippen molar-refractivity contribution in [2.24, 2.45) is 0 Å². The molecular formula is C17H18N2O3. The van der Waals surface area contributed by atoms with Gasteiger partial charge in [-0.1, -0.05) is 18.2 Å². The lowest BCUT2D eigenvalue weighted by molar-refractivity contribution is 0.301. The van der Waals surface area contributed by atoms with Crippen LogP contribution in [0.25, 0.3) is 11.1 Å². The van der Waals surface area contributed by atoms with Crippen LogP contribution < -0.4 is 16.2 Å². The lowest BCUT2D eigenvalue weighted by Gasteiger charge is -2.08. The van der Waals surface area contributed by atoms with Crippen LogP contribution in [-0.4, -0.2) is 11.2 Å². The van der Waals surface area contributed by atoms with E-state index in [-0.39, 0.29) is 5.76 Å². The summed E-state index contributed by atoms with van der Waals surface area (Å²) < 4.78 is 12.5. The Labute approximate surface area is 127 Å². The molecule has 114 valence electrons. The van der Waals surface area contributed by atoms with Crippen LogP contribution in [0.4, 0.5) is 5.69 Å². The average molecular weight is 298 g/mol. The maximum atomic E-state index is 11.9. The number of para-hydroxylation sites is 2. The van der Waals surface area contributed by atoms with Gasteiger partial charge in [0.15, 0.2) is 5.58 Å². The predicted molar refractivity (Wildman–Crippen MR) is 86.2 cm³/mol. The van der Waals surface area contributed by atoms with Crippen LogP contribution in [0.1, 0.15) is 12.0 Å². The highest BCUT2D eigenvalue weighted by molar-refractivity contribution is 5.73. The van der Waals surface area contributed by atoms with Crippen molar-refractivity contribution in [1.82, 2.24) is 4.57 Å². The van der Waals surface area contributed by atoms with E-state index < -0.39 is 0 Å². The summed E-state index contributed by atoms with van der Waals surface area (Å²) in [6.07, 6.45) is 0.691. The van der Waals surface area contributed by atoms with E-state index in [1.807, 2.05) is 43.3 Å². The molecular weight excluding hydrogens is 280 g/mol. The lowest BCUT2D eigenvalue weighted by atomic mass is 10.2. The molecule has 0 aliphatic rings. The summed E-state index contributed by atoms with van der Waals surface area (Å²) in [5, 5.41) is 0. The third-order valence-electron chi connectivity index (χ3n) is 3.53. The molecule has 2 N–H and O–H groups in total. The maximum Gasteiger partial charge on any atom is 0.419 e. The first-order chi connectivity index (χ1) is 10.6. The van der Waals surface area contributed by atoms with Gasteiger partial charge in [-0.05, 0) is 43.2 Å². The highest BCUT2D eigenvalue weighted by Crippen LogP contribution is 2.20. The number of nitrogens with two attached hydrogens (primary N) is 1. The van der Waals surface area contributed by atoms with E-state index >= 15 is 0 Å². The molecule has 0 amide bonds. The Balaban J connectivity index is 1.67. The Morgan fingerprint density at radius 3 is 2.86 bits per heavy atom. The minimum absolute atomic E-state index is 0.333. The first-order valence-electron chi connectivity index (χ1n) is 7.22. The summed E-state index contributed by atoms with van der Waals surface area (Å²) in [4.78, 5) is 11.9. The molecule has 5 heteroatoms. The largest absolute Gasteiger partial charge is 0.491 e. The normalized spacial score (nSPS) is 11.0. The van der Waals surface area contributed by atoms with Crippen LogP contribution in [0.5, 0.6) is 5.75 Å². The van der Waals surface area contributed by atoms with Crippen LogP contribution >= 0.6 is 0 Å². The Bertz CT molecular complexity index is 848. The second-order valence-electron chi connectivity index (χ2n) is 5.23. The summed E-state index contributed by atoms with van der Waals surface area (Å²) in [6, 6.07) is 13.1. The number of rotatable bonds is 5. The molecule has 1 heterocycles. The van der Waals surface area contributed by atoms with Gasteiger partial charge < -0.3 is 14.9 Å². The third-order valence-corrected chi connectivity index (χ3v) is 3.53. The number of hydrogen-bond donors (Lipinski definition) is 1. The molecule has 0 radical (unpaired) electrons. The molecule has 0 saturated heterocycles. The maximum absolute atomic E-state index is 11.9. The molecule has 3 rings (SSSR count). The Morgan fingerprint density at radius 2 is 2.05 bits per heavy atom. The van der Waals surface area contributed by atoms with Crippen LogP contribution in [0, 0.1) is 6.92 Å². The molecule has 5 nitrogen and oxygen atoms in total. The quantitative estimate of drug-likeness (QED) is 0.580. The third kappa shape index (κ3) is 2.83. The van der Waals surface area contributed by atoms with E-state index in [0.717, 1.165) is 11.1 Å². The van der Waals surface area contributed by atoms with Gasteiger partial charge in [-0.15, -0.1) is 0 Å².